The van der Waals surface area contributed by atoms with E-state index in [0.717, 1.165) is 19.4 Å². The number of nitrogens with one attached hydrogen (secondary N) is 1. The maximum atomic E-state index is 10.9. The number of carbonyl (C=O) groups is 2. The number of carbonyl (C=O) groups excluding carboxylic acids is 1. The summed E-state index contributed by atoms with van der Waals surface area (Å²) in [5.41, 5.74) is 0. The SMILES string of the molecule is CC(=O)NC(CN1CCCC1CO)C(=O)O. The third kappa shape index (κ3) is 3.46. The van der Waals surface area contributed by atoms with E-state index in [0.29, 0.717) is 0 Å². The quantitative estimate of drug-likeness (QED) is 0.565. The number of likely N-dealkylation sites (tertiary alicyclic amines) is 1. The van der Waals surface area contributed by atoms with Crippen molar-refractivity contribution in [2.24, 2.45) is 0 Å². The fraction of sp³-hybridized carbons (Fsp3) is 0.800. The highest BCUT2D eigenvalue weighted by Crippen LogP contribution is 2.16. The highest BCUT2D eigenvalue weighted by atomic mass is 16.4. The molecule has 92 valence electrons. The van der Waals surface area contributed by atoms with Gasteiger partial charge in [-0.15, -0.1) is 0 Å². The molecule has 1 aliphatic rings. The molecule has 0 bridgehead atoms. The van der Waals surface area contributed by atoms with Crippen molar-refractivity contribution in [3.05, 3.63) is 0 Å². The molecule has 0 radical (unpaired) electrons. The van der Waals surface area contributed by atoms with Crippen LogP contribution in [0.4, 0.5) is 0 Å². The molecule has 0 aromatic rings. The van der Waals surface area contributed by atoms with Gasteiger partial charge in [0.2, 0.25) is 5.91 Å². The number of hydrogen-bond donors (Lipinski definition) is 3. The van der Waals surface area contributed by atoms with Crippen LogP contribution in [0.1, 0.15) is 19.8 Å². The van der Waals surface area contributed by atoms with Crippen LogP contribution < -0.4 is 5.32 Å². The van der Waals surface area contributed by atoms with Gasteiger partial charge in [0.05, 0.1) is 6.61 Å². The molecule has 0 aliphatic carbocycles. The Labute approximate surface area is 94.2 Å². The predicted molar refractivity (Wildman–Crippen MR) is 56.9 cm³/mol. The molecule has 1 rings (SSSR count). The van der Waals surface area contributed by atoms with Crippen molar-refractivity contribution in [1.82, 2.24) is 10.2 Å². The Morgan fingerprint density at radius 2 is 2.25 bits per heavy atom. The van der Waals surface area contributed by atoms with Crippen molar-refractivity contribution >= 4 is 11.9 Å². The summed E-state index contributed by atoms with van der Waals surface area (Å²) in [5.74, 6) is -1.40. The van der Waals surface area contributed by atoms with Gasteiger partial charge in [-0.1, -0.05) is 0 Å². The molecule has 1 saturated heterocycles. The van der Waals surface area contributed by atoms with Gasteiger partial charge in [0.25, 0.3) is 0 Å². The van der Waals surface area contributed by atoms with Crippen LogP contribution in [0.2, 0.25) is 0 Å². The lowest BCUT2D eigenvalue weighted by atomic mass is 10.2. The van der Waals surface area contributed by atoms with Gasteiger partial charge >= 0.3 is 5.97 Å². The van der Waals surface area contributed by atoms with E-state index < -0.39 is 12.0 Å². The molecule has 1 fully saturated rings. The summed E-state index contributed by atoms with van der Waals surface area (Å²) in [5, 5.41) is 20.4. The third-order valence-electron chi connectivity index (χ3n) is 2.80. The second-order valence-electron chi connectivity index (χ2n) is 4.06. The molecule has 1 heterocycles. The monoisotopic (exact) mass is 230 g/mol. The van der Waals surface area contributed by atoms with Crippen molar-refractivity contribution in [3.63, 3.8) is 0 Å². The van der Waals surface area contributed by atoms with Crippen LogP contribution in [0.5, 0.6) is 0 Å². The number of rotatable bonds is 5. The Kier molecular flexibility index (Phi) is 4.70. The maximum Gasteiger partial charge on any atom is 0.327 e. The van der Waals surface area contributed by atoms with Gasteiger partial charge in [0.1, 0.15) is 6.04 Å². The van der Waals surface area contributed by atoms with Crippen LogP contribution in [-0.2, 0) is 9.59 Å². The molecule has 0 aromatic heterocycles. The van der Waals surface area contributed by atoms with Gasteiger partial charge in [-0.05, 0) is 19.4 Å². The van der Waals surface area contributed by atoms with E-state index in [1.54, 1.807) is 0 Å². The van der Waals surface area contributed by atoms with E-state index in [9.17, 15) is 9.59 Å². The number of nitrogens with zero attached hydrogens (tertiary/aromatic N) is 1. The molecule has 0 aromatic carbocycles. The van der Waals surface area contributed by atoms with Crippen LogP contribution >= 0.6 is 0 Å². The number of hydrogen-bond acceptors (Lipinski definition) is 4. The largest absolute Gasteiger partial charge is 0.480 e. The van der Waals surface area contributed by atoms with Crippen molar-refractivity contribution in [3.8, 4) is 0 Å². The Hall–Kier alpha value is -1.14. The molecule has 6 nitrogen and oxygen atoms in total. The van der Waals surface area contributed by atoms with Crippen molar-refractivity contribution < 1.29 is 19.8 Å². The summed E-state index contributed by atoms with van der Waals surface area (Å²) in [6.45, 7) is 2.35. The van der Waals surface area contributed by atoms with Crippen LogP contribution in [0.3, 0.4) is 0 Å². The number of amides is 1. The van der Waals surface area contributed by atoms with E-state index in [1.165, 1.54) is 6.92 Å². The summed E-state index contributed by atoms with van der Waals surface area (Å²) < 4.78 is 0. The molecule has 1 amide bonds. The fourth-order valence-corrected chi connectivity index (χ4v) is 2.01. The first kappa shape index (κ1) is 12.9. The van der Waals surface area contributed by atoms with E-state index in [2.05, 4.69) is 5.32 Å². The number of carboxylic acids is 1. The first-order valence-corrected chi connectivity index (χ1v) is 5.39. The Balaban J connectivity index is 2.53. The molecule has 3 N–H and O–H groups in total. The standard InChI is InChI=1S/C10H18N2O4/c1-7(14)11-9(10(15)16)5-12-4-2-3-8(12)6-13/h8-9,13H,2-6H2,1H3,(H,11,14)(H,15,16). The van der Waals surface area contributed by atoms with Crippen LogP contribution in [-0.4, -0.2) is 58.8 Å². The first-order chi connectivity index (χ1) is 7.54. The molecule has 0 spiro atoms. The average Bonchev–Trinajstić information content (AvgIpc) is 2.63. The second-order valence-corrected chi connectivity index (χ2v) is 4.06. The highest BCUT2D eigenvalue weighted by Gasteiger charge is 2.29. The van der Waals surface area contributed by atoms with Crippen molar-refractivity contribution in [2.45, 2.75) is 31.8 Å². The number of aliphatic hydroxyl groups is 1. The molecule has 2 unspecified atom stereocenters. The topological polar surface area (TPSA) is 89.9 Å². The fourth-order valence-electron chi connectivity index (χ4n) is 2.01. The van der Waals surface area contributed by atoms with Gasteiger partial charge in [0.15, 0.2) is 0 Å². The van der Waals surface area contributed by atoms with Gasteiger partial charge in [0, 0.05) is 19.5 Å². The van der Waals surface area contributed by atoms with Crippen LogP contribution in [0.15, 0.2) is 0 Å². The summed E-state index contributed by atoms with van der Waals surface area (Å²) in [6.07, 6.45) is 1.83. The lowest BCUT2D eigenvalue weighted by molar-refractivity contribution is -0.142. The van der Waals surface area contributed by atoms with Crippen LogP contribution in [0.25, 0.3) is 0 Å². The second kappa shape index (κ2) is 5.81. The maximum absolute atomic E-state index is 10.9. The number of aliphatic carboxylic acids is 1. The number of carboxylic acid groups (broad SMARTS) is 1. The minimum absolute atomic E-state index is 0.0237. The summed E-state index contributed by atoms with van der Waals surface area (Å²) in [6, 6.07) is -0.875. The predicted octanol–water partition coefficient (Wildman–Crippen LogP) is -0.968. The minimum Gasteiger partial charge on any atom is -0.480 e. The van der Waals surface area contributed by atoms with E-state index in [-0.39, 0.29) is 25.1 Å². The zero-order chi connectivity index (χ0) is 12.1. The lowest BCUT2D eigenvalue weighted by Crippen LogP contribution is -2.49. The zero-order valence-corrected chi connectivity index (χ0v) is 9.35. The van der Waals surface area contributed by atoms with E-state index >= 15 is 0 Å². The van der Waals surface area contributed by atoms with Gasteiger partial charge in [-0.25, -0.2) is 4.79 Å². The molecular formula is C10H18N2O4. The third-order valence-corrected chi connectivity index (χ3v) is 2.80. The van der Waals surface area contributed by atoms with E-state index in [1.807, 2.05) is 4.90 Å². The zero-order valence-electron chi connectivity index (χ0n) is 9.35. The minimum atomic E-state index is -1.04. The normalized spacial score (nSPS) is 23.0. The lowest BCUT2D eigenvalue weighted by Gasteiger charge is -2.26. The highest BCUT2D eigenvalue weighted by molar-refractivity contribution is 5.82. The molecule has 2 atom stereocenters. The molecule has 16 heavy (non-hydrogen) atoms. The molecule has 6 heteroatoms. The van der Waals surface area contributed by atoms with Gasteiger partial charge in [-0.2, -0.15) is 0 Å². The first-order valence-electron chi connectivity index (χ1n) is 5.39. The van der Waals surface area contributed by atoms with Crippen molar-refractivity contribution in [2.75, 3.05) is 19.7 Å². The summed E-state index contributed by atoms with van der Waals surface area (Å²) in [7, 11) is 0. The van der Waals surface area contributed by atoms with Gasteiger partial charge < -0.3 is 15.5 Å². The average molecular weight is 230 g/mol. The number of aliphatic hydroxyl groups excluding tert-OH is 1. The summed E-state index contributed by atoms with van der Waals surface area (Å²) in [4.78, 5) is 23.7. The smallest absolute Gasteiger partial charge is 0.327 e. The van der Waals surface area contributed by atoms with E-state index in [4.69, 9.17) is 10.2 Å². The Morgan fingerprint density at radius 1 is 1.56 bits per heavy atom. The van der Waals surface area contributed by atoms with Crippen molar-refractivity contribution in [1.29, 1.82) is 0 Å². The molecule has 0 saturated carbocycles. The van der Waals surface area contributed by atoms with Crippen LogP contribution in [0, 0.1) is 0 Å². The Morgan fingerprint density at radius 3 is 2.75 bits per heavy atom. The molecule has 1 aliphatic heterocycles. The Bertz CT molecular complexity index is 270. The molecular weight excluding hydrogens is 212 g/mol. The van der Waals surface area contributed by atoms with Gasteiger partial charge in [-0.3, -0.25) is 9.69 Å². The summed E-state index contributed by atoms with van der Waals surface area (Å²) >= 11 is 0.